The highest BCUT2D eigenvalue weighted by Crippen LogP contribution is 2.23. The van der Waals surface area contributed by atoms with Gasteiger partial charge in [-0.1, -0.05) is 29.3 Å². The molecule has 1 aliphatic rings. The Morgan fingerprint density at radius 2 is 2.18 bits per heavy atom. The summed E-state index contributed by atoms with van der Waals surface area (Å²) in [7, 11) is 6.01. The van der Waals surface area contributed by atoms with Gasteiger partial charge in [0.15, 0.2) is 5.96 Å². The van der Waals surface area contributed by atoms with Crippen LogP contribution in [0.15, 0.2) is 23.2 Å². The molecule has 6 heteroatoms. The lowest BCUT2D eigenvalue weighted by Gasteiger charge is -2.23. The highest BCUT2D eigenvalue weighted by Gasteiger charge is 2.20. The van der Waals surface area contributed by atoms with Crippen molar-refractivity contribution < 1.29 is 0 Å². The Labute approximate surface area is 143 Å². The first-order valence-corrected chi connectivity index (χ1v) is 8.29. The number of guanidine groups is 1. The van der Waals surface area contributed by atoms with Crippen molar-refractivity contribution in [1.82, 2.24) is 15.1 Å². The smallest absolute Gasteiger partial charge is 0.193 e. The van der Waals surface area contributed by atoms with Crippen molar-refractivity contribution in [3.63, 3.8) is 0 Å². The summed E-state index contributed by atoms with van der Waals surface area (Å²) < 4.78 is 0. The molecule has 0 spiro atoms. The molecule has 2 rings (SSSR count). The van der Waals surface area contributed by atoms with Crippen LogP contribution < -0.4 is 5.32 Å². The van der Waals surface area contributed by atoms with E-state index in [1.54, 1.807) is 0 Å². The van der Waals surface area contributed by atoms with E-state index in [1.807, 2.05) is 32.3 Å². The van der Waals surface area contributed by atoms with Crippen molar-refractivity contribution >= 4 is 29.2 Å². The number of nitrogens with zero attached hydrogens (tertiary/aromatic N) is 3. The van der Waals surface area contributed by atoms with Gasteiger partial charge in [-0.25, -0.2) is 0 Å². The predicted molar refractivity (Wildman–Crippen MR) is 94.9 cm³/mol. The minimum atomic E-state index is 0.584. The average Bonchev–Trinajstić information content (AvgIpc) is 2.89. The second-order valence-electron chi connectivity index (χ2n) is 5.95. The van der Waals surface area contributed by atoms with Gasteiger partial charge < -0.3 is 15.1 Å². The Hall–Kier alpha value is -0.970. The molecule has 0 aromatic heterocycles. The maximum absolute atomic E-state index is 6.07. The fraction of sp³-hybridized carbons (Fsp3) is 0.562. The first-order chi connectivity index (χ1) is 10.5. The molecule has 4 nitrogen and oxygen atoms in total. The molecule has 1 atom stereocenters. The van der Waals surface area contributed by atoms with Crippen molar-refractivity contribution in [2.75, 3.05) is 40.8 Å². The van der Waals surface area contributed by atoms with Gasteiger partial charge in [0.1, 0.15) is 0 Å². The van der Waals surface area contributed by atoms with Crippen LogP contribution in [0.1, 0.15) is 12.0 Å². The summed E-state index contributed by atoms with van der Waals surface area (Å²) in [4.78, 5) is 8.83. The summed E-state index contributed by atoms with van der Waals surface area (Å²) in [5.41, 5.74) is 1.11. The van der Waals surface area contributed by atoms with E-state index in [0.29, 0.717) is 16.0 Å². The topological polar surface area (TPSA) is 30.9 Å². The number of rotatable bonds is 4. The predicted octanol–water partition coefficient (Wildman–Crippen LogP) is 2.95. The van der Waals surface area contributed by atoms with Gasteiger partial charge in [-0.15, -0.1) is 0 Å². The lowest BCUT2D eigenvalue weighted by Crippen LogP contribution is -2.41. The van der Waals surface area contributed by atoms with Crippen LogP contribution in [0.4, 0.5) is 0 Å². The number of benzene rings is 1. The number of aliphatic imine (C=N–C) groups is 1. The minimum absolute atomic E-state index is 0.584. The van der Waals surface area contributed by atoms with Gasteiger partial charge >= 0.3 is 0 Å². The Morgan fingerprint density at radius 3 is 2.77 bits per heavy atom. The third kappa shape index (κ3) is 4.77. The van der Waals surface area contributed by atoms with Gasteiger partial charge in [0, 0.05) is 33.7 Å². The highest BCUT2D eigenvalue weighted by atomic mass is 35.5. The quantitative estimate of drug-likeness (QED) is 0.674. The zero-order valence-electron chi connectivity index (χ0n) is 13.4. The molecule has 1 unspecified atom stereocenters. The fourth-order valence-electron chi connectivity index (χ4n) is 2.80. The summed E-state index contributed by atoms with van der Waals surface area (Å²) in [6.07, 6.45) is 1.25. The molecule has 1 aliphatic heterocycles. The van der Waals surface area contributed by atoms with Gasteiger partial charge in [0.2, 0.25) is 0 Å². The molecule has 122 valence electrons. The summed E-state index contributed by atoms with van der Waals surface area (Å²) >= 11 is 12.0. The van der Waals surface area contributed by atoms with E-state index in [1.165, 1.54) is 13.0 Å². The molecule has 1 saturated heterocycles. The third-order valence-electron chi connectivity index (χ3n) is 4.01. The average molecular weight is 343 g/mol. The zero-order valence-corrected chi connectivity index (χ0v) is 15.0. The van der Waals surface area contributed by atoms with Crippen LogP contribution in [0.25, 0.3) is 0 Å². The summed E-state index contributed by atoms with van der Waals surface area (Å²) in [6.45, 7) is 4.04. The molecule has 0 radical (unpaired) electrons. The first kappa shape index (κ1) is 17.4. The molecule has 1 aromatic rings. The van der Waals surface area contributed by atoms with Gasteiger partial charge in [0.05, 0.1) is 10.0 Å². The first-order valence-electron chi connectivity index (χ1n) is 7.54. The normalized spacial score (nSPS) is 19.5. The maximum Gasteiger partial charge on any atom is 0.193 e. The Bertz CT molecular complexity index is 533. The molecule has 0 aliphatic carbocycles. The van der Waals surface area contributed by atoms with E-state index in [-0.39, 0.29) is 0 Å². The SMILES string of the molecule is CN=C(NCC1CCN(C)C1)N(C)Cc1ccc(Cl)c(Cl)c1. The van der Waals surface area contributed by atoms with E-state index < -0.39 is 0 Å². The van der Waals surface area contributed by atoms with Crippen LogP contribution in [0.3, 0.4) is 0 Å². The highest BCUT2D eigenvalue weighted by molar-refractivity contribution is 6.42. The van der Waals surface area contributed by atoms with Crippen molar-refractivity contribution in [2.45, 2.75) is 13.0 Å². The van der Waals surface area contributed by atoms with Crippen LogP contribution in [-0.4, -0.2) is 56.5 Å². The van der Waals surface area contributed by atoms with E-state index in [4.69, 9.17) is 23.2 Å². The van der Waals surface area contributed by atoms with Crippen molar-refractivity contribution in [1.29, 1.82) is 0 Å². The molecule has 0 amide bonds. The van der Waals surface area contributed by atoms with E-state index >= 15 is 0 Å². The maximum atomic E-state index is 6.07. The van der Waals surface area contributed by atoms with E-state index in [9.17, 15) is 0 Å². The van der Waals surface area contributed by atoms with Crippen LogP contribution in [0.2, 0.25) is 10.0 Å². The summed E-state index contributed by atoms with van der Waals surface area (Å²) in [5.74, 6) is 1.60. The molecule has 1 fully saturated rings. The lowest BCUT2D eigenvalue weighted by atomic mass is 10.1. The fourth-order valence-corrected chi connectivity index (χ4v) is 3.12. The third-order valence-corrected chi connectivity index (χ3v) is 4.75. The number of likely N-dealkylation sites (tertiary alicyclic amines) is 1. The number of hydrogen-bond acceptors (Lipinski definition) is 2. The largest absolute Gasteiger partial charge is 0.356 e. The summed E-state index contributed by atoms with van der Waals surface area (Å²) in [5, 5.41) is 4.64. The van der Waals surface area contributed by atoms with Gasteiger partial charge in [-0.2, -0.15) is 0 Å². The molecule has 22 heavy (non-hydrogen) atoms. The number of nitrogens with one attached hydrogen (secondary N) is 1. The van der Waals surface area contributed by atoms with Crippen LogP contribution in [0.5, 0.6) is 0 Å². The molecular weight excluding hydrogens is 319 g/mol. The second kappa shape index (κ2) is 8.04. The molecular formula is C16H24Cl2N4. The molecule has 1 heterocycles. The monoisotopic (exact) mass is 342 g/mol. The van der Waals surface area contributed by atoms with E-state index in [0.717, 1.165) is 31.2 Å². The number of hydrogen-bond donors (Lipinski definition) is 1. The lowest BCUT2D eigenvalue weighted by molar-refractivity contribution is 0.390. The van der Waals surface area contributed by atoms with Crippen molar-refractivity contribution in [3.8, 4) is 0 Å². The van der Waals surface area contributed by atoms with Gasteiger partial charge in [0.25, 0.3) is 0 Å². The summed E-state index contributed by atoms with van der Waals surface area (Å²) in [6, 6.07) is 5.72. The Balaban J connectivity index is 1.88. The van der Waals surface area contributed by atoms with Crippen molar-refractivity contribution in [2.24, 2.45) is 10.9 Å². The molecule has 0 bridgehead atoms. The standard InChI is InChI=1S/C16H24Cl2N4/c1-19-16(20-9-13-6-7-21(2)10-13)22(3)11-12-4-5-14(17)15(18)8-12/h4-5,8,13H,6-7,9-11H2,1-3H3,(H,19,20). The van der Waals surface area contributed by atoms with Crippen LogP contribution in [0, 0.1) is 5.92 Å². The van der Waals surface area contributed by atoms with Crippen LogP contribution >= 0.6 is 23.2 Å². The minimum Gasteiger partial charge on any atom is -0.356 e. The molecule has 1 N–H and O–H groups in total. The Morgan fingerprint density at radius 1 is 1.41 bits per heavy atom. The number of halogens is 2. The molecule has 1 aromatic carbocycles. The second-order valence-corrected chi connectivity index (χ2v) is 6.76. The van der Waals surface area contributed by atoms with Gasteiger partial charge in [-0.3, -0.25) is 4.99 Å². The van der Waals surface area contributed by atoms with Gasteiger partial charge in [-0.05, 0) is 43.6 Å². The Kier molecular flexibility index (Phi) is 6.36. The molecule has 0 saturated carbocycles. The van der Waals surface area contributed by atoms with Crippen LogP contribution in [-0.2, 0) is 6.54 Å². The van der Waals surface area contributed by atoms with Crippen molar-refractivity contribution in [3.05, 3.63) is 33.8 Å². The van der Waals surface area contributed by atoms with E-state index in [2.05, 4.69) is 27.2 Å². The zero-order chi connectivity index (χ0) is 16.1.